The molecule has 6 heteroatoms. The second kappa shape index (κ2) is 9.58. The molecule has 0 saturated heterocycles. The van der Waals surface area contributed by atoms with Gasteiger partial charge in [-0.05, 0) is 77.4 Å². The van der Waals surface area contributed by atoms with Crippen molar-refractivity contribution in [2.24, 2.45) is 0 Å². The molecule has 0 radical (unpaired) electrons. The third-order valence-electron chi connectivity index (χ3n) is 7.61. The number of cyclic esters (lactones) is 1. The van der Waals surface area contributed by atoms with Gasteiger partial charge < -0.3 is 18.9 Å². The summed E-state index contributed by atoms with van der Waals surface area (Å²) in [7, 11) is 0. The number of fused-ring (bicyclic) bond motifs is 2. The van der Waals surface area contributed by atoms with Crippen molar-refractivity contribution in [3.63, 3.8) is 0 Å². The van der Waals surface area contributed by atoms with Crippen molar-refractivity contribution in [1.82, 2.24) is 9.55 Å². The number of esters is 1. The Kier molecular flexibility index (Phi) is 6.44. The van der Waals surface area contributed by atoms with Crippen LogP contribution in [0.4, 0.5) is 5.69 Å². The lowest BCUT2D eigenvalue weighted by Crippen LogP contribution is -2.32. The average molecular weight is 498 g/mol. The molecule has 5 rings (SSSR count). The van der Waals surface area contributed by atoms with Crippen molar-refractivity contribution in [2.75, 3.05) is 24.6 Å². The van der Waals surface area contributed by atoms with Gasteiger partial charge in [-0.2, -0.15) is 0 Å². The average Bonchev–Trinajstić information content (AvgIpc) is 3.37. The van der Waals surface area contributed by atoms with Gasteiger partial charge in [-0.3, -0.25) is 4.98 Å². The van der Waals surface area contributed by atoms with Crippen LogP contribution in [-0.4, -0.2) is 35.2 Å². The normalized spacial score (nSPS) is 16.6. The molecule has 0 saturated carbocycles. The first-order valence-corrected chi connectivity index (χ1v) is 13.2. The molecule has 6 nitrogen and oxygen atoms in total. The van der Waals surface area contributed by atoms with Crippen LogP contribution >= 0.6 is 0 Å². The predicted molar refractivity (Wildman–Crippen MR) is 148 cm³/mol. The molecule has 0 amide bonds. The van der Waals surface area contributed by atoms with E-state index in [1.807, 2.05) is 6.92 Å². The van der Waals surface area contributed by atoms with Crippen LogP contribution in [0.2, 0.25) is 0 Å². The summed E-state index contributed by atoms with van der Waals surface area (Å²) in [5.74, 6) is 0.326. The Labute approximate surface area is 218 Å². The molecule has 192 valence electrons. The van der Waals surface area contributed by atoms with Crippen molar-refractivity contribution in [1.29, 1.82) is 0 Å². The van der Waals surface area contributed by atoms with Crippen LogP contribution in [0, 0.1) is 13.8 Å². The molecular weight excluding hydrogens is 462 g/mol. The summed E-state index contributed by atoms with van der Waals surface area (Å²) in [6.45, 7) is 15.7. The molecule has 3 heterocycles. The van der Waals surface area contributed by atoms with E-state index < -0.39 is 5.60 Å². The Morgan fingerprint density at radius 3 is 2.51 bits per heavy atom. The van der Waals surface area contributed by atoms with E-state index in [9.17, 15) is 4.79 Å². The highest BCUT2D eigenvalue weighted by Crippen LogP contribution is 2.53. The number of aromatic nitrogens is 2. The Bertz CT molecular complexity index is 1480. The minimum absolute atomic E-state index is 0.372. The van der Waals surface area contributed by atoms with Gasteiger partial charge in [0.25, 0.3) is 0 Å². The van der Waals surface area contributed by atoms with Crippen molar-refractivity contribution < 1.29 is 14.3 Å². The molecule has 1 aliphatic rings. The number of hydrogen-bond donors (Lipinski definition) is 0. The lowest BCUT2D eigenvalue weighted by molar-refractivity contribution is 0.0237. The van der Waals surface area contributed by atoms with E-state index >= 15 is 0 Å². The van der Waals surface area contributed by atoms with Crippen molar-refractivity contribution in [3.8, 4) is 5.75 Å². The number of nitrogens with zero attached hydrogens (tertiary/aromatic N) is 3. The number of carbonyl (C=O) groups is 1. The van der Waals surface area contributed by atoms with Crippen molar-refractivity contribution in [2.45, 2.75) is 53.7 Å². The highest BCUT2D eigenvalue weighted by molar-refractivity contribution is 5.99. The maximum absolute atomic E-state index is 13.5. The van der Waals surface area contributed by atoms with Gasteiger partial charge in [0.05, 0.1) is 12.2 Å². The summed E-state index contributed by atoms with van der Waals surface area (Å²) in [5, 5.41) is 1.09. The maximum atomic E-state index is 13.5. The molecule has 0 bridgehead atoms. The van der Waals surface area contributed by atoms with Gasteiger partial charge in [-0.15, -0.1) is 0 Å². The molecule has 0 spiro atoms. The number of aryl methyl sites for hydroxylation is 2. The van der Waals surface area contributed by atoms with Crippen LogP contribution in [0.3, 0.4) is 0 Å². The van der Waals surface area contributed by atoms with E-state index in [0.717, 1.165) is 58.6 Å². The van der Waals surface area contributed by atoms with Crippen LogP contribution in [0.5, 0.6) is 5.75 Å². The first-order valence-electron chi connectivity index (χ1n) is 13.2. The number of carbonyl (C=O) groups excluding carboxylic acids is 1. The molecule has 0 N–H and O–H groups in total. The summed E-state index contributed by atoms with van der Waals surface area (Å²) in [6.07, 6.45) is 1.74. The van der Waals surface area contributed by atoms with Gasteiger partial charge in [-0.25, -0.2) is 4.79 Å². The fourth-order valence-corrected chi connectivity index (χ4v) is 5.98. The van der Waals surface area contributed by atoms with E-state index in [-0.39, 0.29) is 5.97 Å². The quantitative estimate of drug-likeness (QED) is 0.264. The Morgan fingerprint density at radius 2 is 1.81 bits per heavy atom. The summed E-state index contributed by atoms with van der Waals surface area (Å²) in [6, 6.07) is 16.2. The molecule has 2 aromatic carbocycles. The van der Waals surface area contributed by atoms with Crippen LogP contribution < -0.4 is 9.64 Å². The van der Waals surface area contributed by atoms with E-state index in [4.69, 9.17) is 14.5 Å². The highest BCUT2D eigenvalue weighted by atomic mass is 16.6. The number of pyridine rings is 1. The van der Waals surface area contributed by atoms with Gasteiger partial charge in [0.15, 0.2) is 0 Å². The number of hydrogen-bond acceptors (Lipinski definition) is 5. The number of benzene rings is 2. The fraction of sp³-hybridized carbons (Fsp3) is 0.355. The minimum atomic E-state index is -1.24. The van der Waals surface area contributed by atoms with Gasteiger partial charge in [0.2, 0.25) is 5.60 Å². The zero-order valence-corrected chi connectivity index (χ0v) is 22.6. The molecule has 37 heavy (non-hydrogen) atoms. The number of ether oxygens (including phenoxy) is 2. The van der Waals surface area contributed by atoms with Crippen LogP contribution in [-0.2, 0) is 16.9 Å². The molecule has 1 aliphatic heterocycles. The number of anilines is 1. The maximum Gasteiger partial charge on any atom is 0.341 e. The molecule has 0 fully saturated rings. The zero-order chi connectivity index (χ0) is 26.3. The van der Waals surface area contributed by atoms with Crippen LogP contribution in [0.25, 0.3) is 10.9 Å². The third-order valence-corrected chi connectivity index (χ3v) is 7.61. The minimum Gasteiger partial charge on any atom is -0.493 e. The van der Waals surface area contributed by atoms with Gasteiger partial charge in [0, 0.05) is 65.3 Å². The lowest BCUT2D eigenvalue weighted by atomic mass is 9.80. The smallest absolute Gasteiger partial charge is 0.341 e. The monoisotopic (exact) mass is 497 g/mol. The zero-order valence-electron chi connectivity index (χ0n) is 22.6. The van der Waals surface area contributed by atoms with Gasteiger partial charge in [0.1, 0.15) is 11.4 Å². The standard InChI is InChI=1S/C31H35N3O3/c1-7-33(8-2)22-16-17-24(26(19-22)36-10-4)31(29-23(30(35)37-31)14-12-18-32-29)28-21(6)34(9-3)25-15-11-13-20(5)27(25)28/h11-19H,7-10H2,1-6H3. The van der Waals surface area contributed by atoms with Gasteiger partial charge in [-0.1, -0.05) is 12.1 Å². The van der Waals surface area contributed by atoms with Crippen molar-refractivity contribution >= 4 is 22.6 Å². The Hall–Kier alpha value is -3.80. The second-order valence-electron chi connectivity index (χ2n) is 9.43. The SMILES string of the molecule is CCOc1cc(N(CC)CC)ccc1C1(c2c(C)n(CC)c3cccc(C)c23)OC(=O)c2cccnc21. The van der Waals surface area contributed by atoms with E-state index in [0.29, 0.717) is 23.6 Å². The molecule has 1 unspecified atom stereocenters. The Morgan fingerprint density at radius 1 is 1.03 bits per heavy atom. The highest BCUT2D eigenvalue weighted by Gasteiger charge is 2.54. The fourth-order valence-electron chi connectivity index (χ4n) is 5.98. The molecule has 4 aromatic rings. The largest absolute Gasteiger partial charge is 0.493 e. The third kappa shape index (κ3) is 3.61. The van der Waals surface area contributed by atoms with E-state index in [1.165, 1.54) is 0 Å². The summed E-state index contributed by atoms with van der Waals surface area (Å²) in [5.41, 5.74) is 5.96. The van der Waals surface area contributed by atoms with E-state index in [2.05, 4.69) is 80.5 Å². The van der Waals surface area contributed by atoms with Crippen LogP contribution in [0.1, 0.15) is 66.1 Å². The first-order chi connectivity index (χ1) is 17.9. The van der Waals surface area contributed by atoms with Crippen molar-refractivity contribution in [3.05, 3.63) is 88.4 Å². The van der Waals surface area contributed by atoms with Gasteiger partial charge >= 0.3 is 5.97 Å². The van der Waals surface area contributed by atoms with Crippen LogP contribution in [0.15, 0.2) is 54.7 Å². The summed E-state index contributed by atoms with van der Waals surface area (Å²) < 4.78 is 15.1. The second-order valence-corrected chi connectivity index (χ2v) is 9.43. The predicted octanol–water partition coefficient (Wildman–Crippen LogP) is 6.38. The molecule has 0 aliphatic carbocycles. The summed E-state index contributed by atoms with van der Waals surface area (Å²) in [4.78, 5) is 20.5. The number of rotatable bonds is 8. The molecule has 2 aromatic heterocycles. The molecular formula is C31H35N3O3. The first kappa shape index (κ1) is 24.9. The Balaban J connectivity index is 1.93. The topological polar surface area (TPSA) is 56.6 Å². The summed E-state index contributed by atoms with van der Waals surface area (Å²) >= 11 is 0. The lowest BCUT2D eigenvalue weighted by Gasteiger charge is -2.32. The molecule has 1 atom stereocenters. The van der Waals surface area contributed by atoms with E-state index in [1.54, 1.807) is 18.3 Å².